The molecule has 116 valence electrons. The van der Waals surface area contributed by atoms with E-state index < -0.39 is 0 Å². The molecule has 1 aliphatic heterocycles. The second-order valence-corrected chi connectivity index (χ2v) is 9.24. The Kier molecular flexibility index (Phi) is 4.76. The Bertz CT molecular complexity index is 532. The molecule has 1 spiro atoms. The van der Waals surface area contributed by atoms with Crippen molar-refractivity contribution < 1.29 is 14.3 Å². The molecule has 2 aliphatic rings. The van der Waals surface area contributed by atoms with E-state index in [9.17, 15) is 4.79 Å². The molecule has 1 saturated carbocycles. The van der Waals surface area contributed by atoms with Gasteiger partial charge in [-0.1, -0.05) is 0 Å². The molecule has 0 bridgehead atoms. The number of amides is 1. The molecule has 4 nitrogen and oxygen atoms in total. The summed E-state index contributed by atoms with van der Waals surface area (Å²) >= 11 is 8.40. The molecule has 0 atom stereocenters. The predicted octanol–water partition coefficient (Wildman–Crippen LogP) is 4.03. The van der Waals surface area contributed by atoms with Gasteiger partial charge in [0.15, 0.2) is 5.79 Å². The highest BCUT2D eigenvalue weighted by Gasteiger charge is 2.41. The minimum Gasteiger partial charge on any atom is -0.348 e. The lowest BCUT2D eigenvalue weighted by molar-refractivity contribution is -0.182. The number of hydrogen-bond acceptors (Lipinski definition) is 4. The fourth-order valence-electron chi connectivity index (χ4n) is 3.06. The van der Waals surface area contributed by atoms with E-state index in [1.807, 2.05) is 18.0 Å². The van der Waals surface area contributed by atoms with Crippen LogP contribution in [0.2, 0.25) is 0 Å². The van der Waals surface area contributed by atoms with Crippen LogP contribution in [0.4, 0.5) is 0 Å². The third kappa shape index (κ3) is 3.22. The van der Waals surface area contributed by atoms with Crippen LogP contribution in [-0.4, -0.2) is 42.9 Å². The minimum atomic E-state index is -0.369. The topological polar surface area (TPSA) is 38.8 Å². The van der Waals surface area contributed by atoms with E-state index in [-0.39, 0.29) is 17.7 Å². The van der Waals surface area contributed by atoms with Crippen molar-refractivity contribution in [1.29, 1.82) is 0 Å². The quantitative estimate of drug-likeness (QED) is 0.699. The first kappa shape index (κ1) is 15.9. The lowest BCUT2D eigenvalue weighted by atomic mass is 9.89. The van der Waals surface area contributed by atoms with Gasteiger partial charge in [-0.2, -0.15) is 0 Å². The predicted molar refractivity (Wildman–Crippen MR) is 88.7 cm³/mol. The van der Waals surface area contributed by atoms with Crippen molar-refractivity contribution in [3.8, 4) is 0 Å². The van der Waals surface area contributed by atoms with Crippen molar-refractivity contribution in [3.05, 3.63) is 19.2 Å². The van der Waals surface area contributed by atoms with Crippen LogP contribution >= 0.6 is 43.2 Å². The van der Waals surface area contributed by atoms with E-state index >= 15 is 0 Å². The average molecular weight is 439 g/mol. The van der Waals surface area contributed by atoms with Gasteiger partial charge in [0.2, 0.25) is 0 Å². The summed E-state index contributed by atoms with van der Waals surface area (Å²) in [4.78, 5) is 14.5. The Labute approximate surface area is 145 Å². The van der Waals surface area contributed by atoms with E-state index in [0.29, 0.717) is 13.2 Å². The molecule has 1 aromatic rings. The zero-order valence-electron chi connectivity index (χ0n) is 11.7. The fraction of sp³-hybridized carbons (Fsp3) is 0.643. The van der Waals surface area contributed by atoms with E-state index in [0.717, 1.165) is 38.8 Å². The standard InChI is InChI=1S/C14H17Br2NO3S/c1-17(13(18)10-8-11(15)21-12(10)16)9-2-4-14(5-3-9)19-6-7-20-14/h8-9H,2-7H2,1H3. The van der Waals surface area contributed by atoms with Crippen LogP contribution in [0.1, 0.15) is 36.0 Å². The van der Waals surface area contributed by atoms with Crippen LogP contribution < -0.4 is 0 Å². The Morgan fingerprint density at radius 2 is 1.95 bits per heavy atom. The third-order valence-electron chi connectivity index (χ3n) is 4.29. The molecule has 0 radical (unpaired) electrons. The number of hydrogen-bond donors (Lipinski definition) is 0. The lowest BCUT2D eigenvalue weighted by Crippen LogP contribution is -2.44. The van der Waals surface area contributed by atoms with E-state index in [1.165, 1.54) is 11.3 Å². The Morgan fingerprint density at radius 3 is 2.48 bits per heavy atom. The van der Waals surface area contributed by atoms with Gasteiger partial charge >= 0.3 is 0 Å². The molecule has 1 saturated heterocycles. The van der Waals surface area contributed by atoms with Gasteiger partial charge < -0.3 is 14.4 Å². The summed E-state index contributed by atoms with van der Waals surface area (Å²) in [5.41, 5.74) is 0.725. The summed E-state index contributed by atoms with van der Waals surface area (Å²) in [6.45, 7) is 1.38. The number of carbonyl (C=O) groups is 1. The van der Waals surface area contributed by atoms with Crippen LogP contribution in [0.25, 0.3) is 0 Å². The van der Waals surface area contributed by atoms with Crippen molar-refractivity contribution in [2.45, 2.75) is 37.5 Å². The molecule has 1 aliphatic carbocycles. The highest BCUT2D eigenvalue weighted by atomic mass is 79.9. The second-order valence-electron chi connectivity index (χ2n) is 5.49. The highest BCUT2D eigenvalue weighted by Crippen LogP contribution is 2.38. The van der Waals surface area contributed by atoms with Gasteiger partial charge in [-0.15, -0.1) is 11.3 Å². The average Bonchev–Trinajstić information content (AvgIpc) is 3.05. The van der Waals surface area contributed by atoms with Gasteiger partial charge in [-0.25, -0.2) is 0 Å². The Balaban J connectivity index is 1.65. The summed E-state index contributed by atoms with van der Waals surface area (Å²) in [7, 11) is 1.89. The van der Waals surface area contributed by atoms with Crippen molar-refractivity contribution in [2.75, 3.05) is 20.3 Å². The minimum absolute atomic E-state index is 0.0676. The smallest absolute Gasteiger partial charge is 0.255 e. The van der Waals surface area contributed by atoms with Crippen LogP contribution in [0.3, 0.4) is 0 Å². The van der Waals surface area contributed by atoms with Gasteiger partial charge in [0.1, 0.15) is 0 Å². The molecule has 1 amide bonds. The lowest BCUT2D eigenvalue weighted by Gasteiger charge is -2.39. The highest BCUT2D eigenvalue weighted by molar-refractivity contribution is 9.12. The first-order valence-corrected chi connectivity index (χ1v) is 9.41. The van der Waals surface area contributed by atoms with Crippen molar-refractivity contribution in [1.82, 2.24) is 4.90 Å². The first-order valence-electron chi connectivity index (χ1n) is 7.01. The number of rotatable bonds is 2. The summed E-state index contributed by atoms with van der Waals surface area (Å²) in [6.07, 6.45) is 3.57. The number of halogens is 2. The van der Waals surface area contributed by atoms with Crippen LogP contribution in [-0.2, 0) is 9.47 Å². The van der Waals surface area contributed by atoms with E-state index in [1.54, 1.807) is 0 Å². The number of thiophene rings is 1. The van der Waals surface area contributed by atoms with Gasteiger partial charge in [0.25, 0.3) is 5.91 Å². The number of nitrogens with zero attached hydrogens (tertiary/aromatic N) is 1. The maximum absolute atomic E-state index is 12.6. The number of ether oxygens (including phenoxy) is 2. The van der Waals surface area contributed by atoms with Crippen LogP contribution in [0.5, 0.6) is 0 Å². The summed E-state index contributed by atoms with van der Waals surface area (Å²) < 4.78 is 13.3. The molecule has 2 fully saturated rings. The maximum Gasteiger partial charge on any atom is 0.255 e. The molecule has 1 aromatic heterocycles. The molecule has 3 rings (SSSR count). The largest absolute Gasteiger partial charge is 0.348 e. The van der Waals surface area contributed by atoms with E-state index in [2.05, 4.69) is 31.9 Å². The Hall–Kier alpha value is 0.0500. The molecule has 2 heterocycles. The number of carbonyl (C=O) groups excluding carboxylic acids is 1. The Morgan fingerprint density at radius 1 is 1.33 bits per heavy atom. The maximum atomic E-state index is 12.6. The molecular weight excluding hydrogens is 422 g/mol. The second kappa shape index (κ2) is 6.28. The van der Waals surface area contributed by atoms with Gasteiger partial charge in [-0.3, -0.25) is 4.79 Å². The van der Waals surface area contributed by atoms with Gasteiger partial charge in [0, 0.05) is 25.9 Å². The molecule has 7 heteroatoms. The monoisotopic (exact) mass is 437 g/mol. The molecule has 0 aromatic carbocycles. The summed E-state index contributed by atoms with van der Waals surface area (Å²) in [6, 6.07) is 2.13. The zero-order chi connectivity index (χ0) is 15.0. The first-order chi connectivity index (χ1) is 10.0. The van der Waals surface area contributed by atoms with Gasteiger partial charge in [0.05, 0.1) is 26.4 Å². The summed E-state index contributed by atoms with van der Waals surface area (Å²) in [5.74, 6) is -0.301. The van der Waals surface area contributed by atoms with Crippen LogP contribution in [0, 0.1) is 0 Å². The van der Waals surface area contributed by atoms with E-state index in [4.69, 9.17) is 9.47 Å². The molecular formula is C14H17Br2NO3S. The normalized spacial score (nSPS) is 21.9. The SMILES string of the molecule is CN(C(=O)c1cc(Br)sc1Br)C1CCC2(CC1)OCCO2. The van der Waals surface area contributed by atoms with Gasteiger partial charge in [-0.05, 0) is 50.8 Å². The fourth-order valence-corrected chi connectivity index (χ4v) is 5.83. The third-order valence-corrected chi connectivity index (χ3v) is 6.62. The van der Waals surface area contributed by atoms with Crippen LogP contribution in [0.15, 0.2) is 13.6 Å². The van der Waals surface area contributed by atoms with Crippen molar-refractivity contribution in [3.63, 3.8) is 0 Å². The zero-order valence-corrected chi connectivity index (χ0v) is 15.7. The van der Waals surface area contributed by atoms with Crippen molar-refractivity contribution in [2.24, 2.45) is 0 Å². The van der Waals surface area contributed by atoms with Crippen molar-refractivity contribution >= 4 is 49.1 Å². The molecule has 0 unspecified atom stereocenters. The molecule has 0 N–H and O–H groups in total. The summed E-state index contributed by atoms with van der Waals surface area (Å²) in [5, 5.41) is 0. The molecule has 21 heavy (non-hydrogen) atoms.